The van der Waals surface area contributed by atoms with E-state index in [0.717, 1.165) is 12.0 Å². The number of amides is 4. The van der Waals surface area contributed by atoms with Crippen LogP contribution in [0, 0.1) is 5.82 Å². The monoisotopic (exact) mass is 511 g/mol. The maximum absolute atomic E-state index is 13.3. The van der Waals surface area contributed by atoms with Gasteiger partial charge in [0.1, 0.15) is 18.0 Å². The molecule has 37 heavy (non-hydrogen) atoms. The van der Waals surface area contributed by atoms with Crippen molar-refractivity contribution in [2.45, 2.75) is 38.0 Å². The molecule has 0 bridgehead atoms. The van der Waals surface area contributed by atoms with Crippen LogP contribution in [0.5, 0.6) is 0 Å². The molecule has 4 amide bonds. The predicted octanol–water partition coefficient (Wildman–Crippen LogP) is 1.67. The smallest absolute Gasteiger partial charge is 0.334 e. The van der Waals surface area contributed by atoms with Crippen molar-refractivity contribution in [3.8, 4) is 0 Å². The van der Waals surface area contributed by atoms with E-state index in [1.165, 1.54) is 27.1 Å². The molecule has 4 rings (SSSR count). The van der Waals surface area contributed by atoms with E-state index in [9.17, 15) is 28.7 Å². The molecule has 0 radical (unpaired) electrons. The van der Waals surface area contributed by atoms with Gasteiger partial charge in [0, 0.05) is 20.1 Å². The summed E-state index contributed by atoms with van der Waals surface area (Å²) in [5.74, 6) is -2.44. The van der Waals surface area contributed by atoms with Crippen LogP contribution in [0.15, 0.2) is 54.6 Å². The third-order valence-corrected chi connectivity index (χ3v) is 6.61. The largest absolute Gasteiger partial charge is 0.481 e. The van der Waals surface area contributed by atoms with Crippen molar-refractivity contribution >= 4 is 23.8 Å². The van der Waals surface area contributed by atoms with E-state index in [2.05, 4.69) is 5.32 Å². The average molecular weight is 512 g/mol. The van der Waals surface area contributed by atoms with Gasteiger partial charge in [0.25, 0.3) is 0 Å². The van der Waals surface area contributed by atoms with Crippen LogP contribution in [0.4, 0.5) is 9.18 Å². The Kier molecular flexibility index (Phi) is 8.02. The van der Waals surface area contributed by atoms with E-state index in [1.807, 2.05) is 30.3 Å². The molecule has 0 saturated carbocycles. The van der Waals surface area contributed by atoms with E-state index in [1.54, 1.807) is 24.1 Å². The van der Waals surface area contributed by atoms with Gasteiger partial charge in [-0.2, -0.15) is 0 Å². The number of fused-ring (bicyclic) bond motifs is 1. The number of aliphatic carboxylic acids is 1. The molecule has 0 aliphatic carbocycles. The van der Waals surface area contributed by atoms with Crippen LogP contribution < -0.4 is 5.32 Å². The van der Waals surface area contributed by atoms with Crippen molar-refractivity contribution in [1.29, 1.82) is 0 Å². The van der Waals surface area contributed by atoms with Gasteiger partial charge in [0.05, 0.1) is 19.5 Å². The van der Waals surface area contributed by atoms with Gasteiger partial charge in [-0.25, -0.2) is 19.2 Å². The van der Waals surface area contributed by atoms with Crippen molar-refractivity contribution in [2.75, 3.05) is 26.7 Å². The second-order valence-electron chi connectivity index (χ2n) is 9.21. The molecule has 2 aliphatic rings. The molecule has 2 aromatic carbocycles. The van der Waals surface area contributed by atoms with Gasteiger partial charge in [0.15, 0.2) is 0 Å². The number of halogens is 1. The fourth-order valence-corrected chi connectivity index (χ4v) is 4.85. The van der Waals surface area contributed by atoms with Gasteiger partial charge >= 0.3 is 12.0 Å². The van der Waals surface area contributed by atoms with Crippen molar-refractivity contribution in [3.05, 3.63) is 71.5 Å². The predicted molar refractivity (Wildman–Crippen MR) is 131 cm³/mol. The maximum Gasteiger partial charge on any atom is 0.334 e. The number of nitrogens with one attached hydrogen (secondary N) is 1. The fraction of sp³-hybridized carbons (Fsp3) is 0.385. The summed E-state index contributed by atoms with van der Waals surface area (Å²) in [6.07, 6.45) is -0.0461. The highest BCUT2D eigenvalue weighted by Crippen LogP contribution is 2.27. The Labute approximate surface area is 214 Å². The standard InChI is InChI=1S/C26H30FN5O5/c1-29-17-23(33)31-21(14-24(34)35)25(36)30(13-5-8-18-6-3-2-4-7-18)16-22(31)32(29)26(37)28-15-19-9-11-20(27)12-10-19/h2-4,6-7,9-12,21-22H,5,8,13-17H2,1H3,(H,28,37)(H,34,35)/t21-,22-/m0/s1. The molecule has 10 nitrogen and oxygen atoms in total. The van der Waals surface area contributed by atoms with Gasteiger partial charge < -0.3 is 20.2 Å². The van der Waals surface area contributed by atoms with E-state index in [4.69, 9.17) is 0 Å². The summed E-state index contributed by atoms with van der Waals surface area (Å²) in [4.78, 5) is 54.0. The van der Waals surface area contributed by atoms with Gasteiger partial charge in [-0.3, -0.25) is 14.4 Å². The minimum atomic E-state index is -1.21. The Morgan fingerprint density at radius 2 is 1.76 bits per heavy atom. The zero-order valence-electron chi connectivity index (χ0n) is 20.5. The quantitative estimate of drug-likeness (QED) is 0.558. The van der Waals surface area contributed by atoms with Crippen LogP contribution in [-0.2, 0) is 27.3 Å². The SMILES string of the molecule is CN1CC(=O)N2[C@@H](CC(=O)O)C(=O)N(CCCc3ccccc3)C[C@@H]2N1C(=O)NCc1ccc(F)cc1. The molecule has 2 fully saturated rings. The van der Waals surface area contributed by atoms with Gasteiger partial charge in [-0.15, -0.1) is 0 Å². The zero-order valence-corrected chi connectivity index (χ0v) is 20.5. The third kappa shape index (κ3) is 6.05. The Balaban J connectivity index is 1.52. The fourth-order valence-electron chi connectivity index (χ4n) is 4.85. The van der Waals surface area contributed by atoms with Gasteiger partial charge in [-0.05, 0) is 36.1 Å². The number of carboxylic acid groups (broad SMARTS) is 1. The van der Waals surface area contributed by atoms with E-state index in [-0.39, 0.29) is 25.5 Å². The van der Waals surface area contributed by atoms with Crippen LogP contribution in [0.2, 0.25) is 0 Å². The van der Waals surface area contributed by atoms with Crippen LogP contribution in [-0.4, -0.2) is 87.6 Å². The topological polar surface area (TPSA) is 114 Å². The number of benzene rings is 2. The van der Waals surface area contributed by atoms with E-state index < -0.39 is 42.4 Å². The molecule has 11 heteroatoms. The number of carbonyl (C=O) groups excluding carboxylic acids is 3. The lowest BCUT2D eigenvalue weighted by molar-refractivity contribution is -0.188. The second kappa shape index (κ2) is 11.4. The number of hydrogen-bond acceptors (Lipinski definition) is 5. The molecule has 0 spiro atoms. The van der Waals surface area contributed by atoms with Crippen LogP contribution in [0.3, 0.4) is 0 Å². The van der Waals surface area contributed by atoms with Crippen molar-refractivity contribution in [1.82, 2.24) is 25.1 Å². The number of aryl methyl sites for hydroxylation is 1. The number of hydrazine groups is 1. The number of piperazine rings is 1. The molecule has 2 heterocycles. The average Bonchev–Trinajstić information content (AvgIpc) is 2.86. The van der Waals surface area contributed by atoms with E-state index in [0.29, 0.717) is 18.5 Å². The van der Waals surface area contributed by atoms with Crippen LogP contribution >= 0.6 is 0 Å². The first-order valence-electron chi connectivity index (χ1n) is 12.1. The van der Waals surface area contributed by atoms with Crippen molar-refractivity contribution in [3.63, 3.8) is 0 Å². The maximum atomic E-state index is 13.3. The third-order valence-electron chi connectivity index (χ3n) is 6.61. The van der Waals surface area contributed by atoms with E-state index >= 15 is 0 Å². The van der Waals surface area contributed by atoms with Crippen LogP contribution in [0.25, 0.3) is 0 Å². The zero-order chi connectivity index (χ0) is 26.5. The number of carboxylic acids is 1. The Morgan fingerprint density at radius 1 is 1.05 bits per heavy atom. The molecule has 2 N–H and O–H groups in total. The summed E-state index contributed by atoms with van der Waals surface area (Å²) in [5, 5.41) is 15.1. The summed E-state index contributed by atoms with van der Waals surface area (Å²) in [6, 6.07) is 13.8. The molecule has 2 aromatic rings. The highest BCUT2D eigenvalue weighted by atomic mass is 19.1. The van der Waals surface area contributed by atoms with Crippen molar-refractivity contribution in [2.24, 2.45) is 0 Å². The molecule has 2 aliphatic heterocycles. The summed E-state index contributed by atoms with van der Waals surface area (Å²) < 4.78 is 13.2. The Hall–Kier alpha value is -3.99. The summed E-state index contributed by atoms with van der Waals surface area (Å²) in [7, 11) is 1.59. The lowest BCUT2D eigenvalue weighted by Crippen LogP contribution is -2.76. The minimum Gasteiger partial charge on any atom is -0.481 e. The first kappa shape index (κ1) is 26.1. The molecular formula is C26H30FN5O5. The molecule has 0 unspecified atom stereocenters. The number of hydrogen-bond donors (Lipinski definition) is 2. The molecule has 0 aromatic heterocycles. The highest BCUT2D eigenvalue weighted by Gasteiger charge is 2.51. The van der Waals surface area contributed by atoms with Gasteiger partial charge in [-0.1, -0.05) is 42.5 Å². The summed E-state index contributed by atoms with van der Waals surface area (Å²) in [5.41, 5.74) is 1.80. The highest BCUT2D eigenvalue weighted by molar-refractivity contribution is 5.93. The summed E-state index contributed by atoms with van der Waals surface area (Å²) in [6.45, 7) is 0.362. The minimum absolute atomic E-state index is 0.0593. The lowest BCUT2D eigenvalue weighted by Gasteiger charge is -2.54. The molecular weight excluding hydrogens is 481 g/mol. The normalized spacial score (nSPS) is 20.1. The second-order valence-corrected chi connectivity index (χ2v) is 9.21. The lowest BCUT2D eigenvalue weighted by atomic mass is 10.0. The number of likely N-dealkylation sites (N-methyl/N-ethyl adjacent to an activating group) is 1. The Morgan fingerprint density at radius 3 is 2.43 bits per heavy atom. The van der Waals surface area contributed by atoms with Crippen LogP contribution in [0.1, 0.15) is 24.0 Å². The first-order valence-corrected chi connectivity index (χ1v) is 12.1. The Bertz CT molecular complexity index is 1150. The molecule has 2 saturated heterocycles. The summed E-state index contributed by atoms with van der Waals surface area (Å²) >= 11 is 0. The van der Waals surface area contributed by atoms with Crippen molar-refractivity contribution < 1.29 is 28.7 Å². The number of urea groups is 1. The number of rotatable bonds is 8. The number of nitrogens with zero attached hydrogens (tertiary/aromatic N) is 4. The molecule has 196 valence electrons. The molecule has 2 atom stereocenters. The first-order chi connectivity index (χ1) is 17.7. The number of carbonyl (C=O) groups is 4. The van der Waals surface area contributed by atoms with Gasteiger partial charge in [0.2, 0.25) is 11.8 Å².